The molecule has 1 unspecified atom stereocenters. The van der Waals surface area contributed by atoms with Crippen molar-refractivity contribution in [1.82, 2.24) is 9.97 Å². The van der Waals surface area contributed by atoms with E-state index >= 15 is 0 Å². The van der Waals surface area contributed by atoms with Crippen LogP contribution in [0.5, 0.6) is 0 Å². The molecule has 0 aliphatic carbocycles. The van der Waals surface area contributed by atoms with E-state index in [0.29, 0.717) is 24.5 Å². The largest absolute Gasteiger partial charge is 0.295 e. The Morgan fingerprint density at radius 1 is 1.71 bits per heavy atom. The second-order valence-corrected chi connectivity index (χ2v) is 4.45. The highest BCUT2D eigenvalue weighted by Crippen LogP contribution is 2.27. The summed E-state index contributed by atoms with van der Waals surface area (Å²) in [4.78, 5) is 21.0. The minimum atomic E-state index is -0.0599. The van der Waals surface area contributed by atoms with Crippen molar-refractivity contribution in [3.8, 4) is 6.07 Å². The standard InChI is InChI=1S/C10H9ClN4OS/c11-10-13-3-7(2-12)9(14-10)15-4-6(5-17)1-8(15)16/h3,6,17H,1,4-5H2. The molecule has 1 fully saturated rings. The summed E-state index contributed by atoms with van der Waals surface area (Å²) in [6.07, 6.45) is 1.75. The number of anilines is 1. The monoisotopic (exact) mass is 268 g/mol. The summed E-state index contributed by atoms with van der Waals surface area (Å²) >= 11 is 9.86. The lowest BCUT2D eigenvalue weighted by atomic mass is 10.1. The fraction of sp³-hybridized carbons (Fsp3) is 0.400. The van der Waals surface area contributed by atoms with Crippen LogP contribution in [0.4, 0.5) is 5.82 Å². The van der Waals surface area contributed by atoms with Gasteiger partial charge < -0.3 is 0 Å². The smallest absolute Gasteiger partial charge is 0.228 e. The van der Waals surface area contributed by atoms with Crippen molar-refractivity contribution in [1.29, 1.82) is 5.26 Å². The van der Waals surface area contributed by atoms with Crippen LogP contribution in [0, 0.1) is 17.2 Å². The molecule has 0 N–H and O–H groups in total. The minimum absolute atomic E-state index is 0.0288. The van der Waals surface area contributed by atoms with Crippen LogP contribution in [0.3, 0.4) is 0 Å². The van der Waals surface area contributed by atoms with E-state index in [0.717, 1.165) is 0 Å². The maximum Gasteiger partial charge on any atom is 0.228 e. The van der Waals surface area contributed by atoms with Gasteiger partial charge in [0.15, 0.2) is 5.82 Å². The molecule has 5 nitrogen and oxygen atoms in total. The fourth-order valence-corrected chi connectivity index (χ4v) is 2.12. The first-order valence-corrected chi connectivity index (χ1v) is 6.00. The molecule has 1 saturated heterocycles. The molecule has 0 saturated carbocycles. The highest BCUT2D eigenvalue weighted by molar-refractivity contribution is 7.80. The number of hydrogen-bond donors (Lipinski definition) is 1. The number of hydrogen-bond acceptors (Lipinski definition) is 5. The number of carbonyl (C=O) groups is 1. The SMILES string of the molecule is N#Cc1cnc(Cl)nc1N1CC(CS)CC1=O. The van der Waals surface area contributed by atoms with E-state index in [1.807, 2.05) is 6.07 Å². The average Bonchev–Trinajstić information content (AvgIpc) is 2.70. The fourth-order valence-electron chi connectivity index (χ4n) is 1.75. The highest BCUT2D eigenvalue weighted by atomic mass is 35.5. The van der Waals surface area contributed by atoms with Crippen LogP contribution in [0.2, 0.25) is 5.28 Å². The Bertz CT molecular complexity index is 502. The normalized spacial score (nSPS) is 19.5. The van der Waals surface area contributed by atoms with Crippen molar-refractivity contribution in [2.75, 3.05) is 17.2 Å². The van der Waals surface area contributed by atoms with Gasteiger partial charge in [-0.3, -0.25) is 9.69 Å². The molecule has 7 heteroatoms. The Kier molecular flexibility index (Phi) is 3.50. The van der Waals surface area contributed by atoms with Gasteiger partial charge in [-0.15, -0.1) is 0 Å². The quantitative estimate of drug-likeness (QED) is 0.648. The summed E-state index contributed by atoms with van der Waals surface area (Å²) in [7, 11) is 0. The van der Waals surface area contributed by atoms with E-state index in [9.17, 15) is 4.79 Å². The number of aromatic nitrogens is 2. The molecule has 0 aromatic carbocycles. The van der Waals surface area contributed by atoms with Gasteiger partial charge in [-0.25, -0.2) is 4.98 Å². The molecule has 0 bridgehead atoms. The van der Waals surface area contributed by atoms with E-state index in [4.69, 9.17) is 16.9 Å². The van der Waals surface area contributed by atoms with E-state index in [1.54, 1.807) is 0 Å². The maximum atomic E-state index is 11.8. The van der Waals surface area contributed by atoms with Gasteiger partial charge >= 0.3 is 0 Å². The second kappa shape index (κ2) is 4.90. The van der Waals surface area contributed by atoms with Crippen molar-refractivity contribution in [3.63, 3.8) is 0 Å². The van der Waals surface area contributed by atoms with Crippen LogP contribution in [-0.2, 0) is 4.79 Å². The third-order valence-electron chi connectivity index (χ3n) is 2.58. The lowest BCUT2D eigenvalue weighted by Gasteiger charge is -2.16. The van der Waals surface area contributed by atoms with Gasteiger partial charge in [-0.05, 0) is 23.3 Å². The number of amides is 1. The predicted molar refractivity (Wildman–Crippen MR) is 66.1 cm³/mol. The molecular formula is C10H9ClN4OS. The van der Waals surface area contributed by atoms with Gasteiger partial charge in [-0.1, -0.05) is 0 Å². The van der Waals surface area contributed by atoms with Crippen LogP contribution < -0.4 is 4.90 Å². The van der Waals surface area contributed by atoms with Crippen LogP contribution in [0.1, 0.15) is 12.0 Å². The predicted octanol–water partition coefficient (Wildman–Crippen LogP) is 1.28. The first kappa shape index (κ1) is 12.1. The van der Waals surface area contributed by atoms with Crippen LogP contribution in [0.15, 0.2) is 6.20 Å². The summed E-state index contributed by atoms with van der Waals surface area (Å²) in [5.74, 6) is 1.05. The lowest BCUT2D eigenvalue weighted by Crippen LogP contribution is -2.26. The third kappa shape index (κ3) is 2.35. The summed E-state index contributed by atoms with van der Waals surface area (Å²) in [6, 6.07) is 1.96. The third-order valence-corrected chi connectivity index (χ3v) is 3.28. The zero-order valence-electron chi connectivity index (χ0n) is 8.80. The molecule has 2 rings (SSSR count). The van der Waals surface area contributed by atoms with Crippen molar-refractivity contribution >= 4 is 36.0 Å². The summed E-state index contributed by atoms with van der Waals surface area (Å²) in [5, 5.41) is 8.98. The molecule has 0 radical (unpaired) electrons. The Hall–Kier alpha value is -1.32. The van der Waals surface area contributed by atoms with Crippen molar-refractivity contribution in [2.45, 2.75) is 6.42 Å². The van der Waals surface area contributed by atoms with Gasteiger partial charge in [0.05, 0.1) is 6.20 Å². The number of nitrogens with zero attached hydrogens (tertiary/aromatic N) is 4. The van der Waals surface area contributed by atoms with E-state index in [-0.39, 0.29) is 22.7 Å². The van der Waals surface area contributed by atoms with Gasteiger partial charge in [-0.2, -0.15) is 22.9 Å². The second-order valence-electron chi connectivity index (χ2n) is 3.75. The van der Waals surface area contributed by atoms with Gasteiger partial charge in [0.1, 0.15) is 11.6 Å². The van der Waals surface area contributed by atoms with E-state index in [1.165, 1.54) is 11.1 Å². The van der Waals surface area contributed by atoms with Crippen molar-refractivity contribution in [2.24, 2.45) is 5.92 Å². The zero-order valence-corrected chi connectivity index (χ0v) is 10.4. The molecule has 1 amide bonds. The van der Waals surface area contributed by atoms with Gasteiger partial charge in [0.2, 0.25) is 11.2 Å². The first-order chi connectivity index (χ1) is 8.15. The summed E-state index contributed by atoms with van der Waals surface area (Å²) < 4.78 is 0. The molecule has 17 heavy (non-hydrogen) atoms. The summed E-state index contributed by atoms with van der Waals surface area (Å²) in [6.45, 7) is 0.518. The Balaban J connectivity index is 2.37. The minimum Gasteiger partial charge on any atom is -0.295 e. The van der Waals surface area contributed by atoms with Crippen LogP contribution >= 0.6 is 24.2 Å². The van der Waals surface area contributed by atoms with E-state index in [2.05, 4.69) is 22.6 Å². The van der Waals surface area contributed by atoms with Crippen LogP contribution in [0.25, 0.3) is 0 Å². The molecular weight excluding hydrogens is 260 g/mol. The molecule has 1 atom stereocenters. The molecule has 1 aromatic heterocycles. The number of carbonyl (C=O) groups excluding carboxylic acids is 1. The molecule has 1 aliphatic rings. The Morgan fingerprint density at radius 2 is 2.47 bits per heavy atom. The first-order valence-electron chi connectivity index (χ1n) is 4.99. The van der Waals surface area contributed by atoms with Crippen LogP contribution in [-0.4, -0.2) is 28.2 Å². The maximum absolute atomic E-state index is 11.8. The Morgan fingerprint density at radius 3 is 3.06 bits per heavy atom. The average molecular weight is 269 g/mol. The number of thiol groups is 1. The summed E-state index contributed by atoms with van der Waals surface area (Å²) in [5.41, 5.74) is 0.252. The zero-order chi connectivity index (χ0) is 12.4. The Labute approximate surface area is 109 Å². The molecule has 2 heterocycles. The molecule has 1 aliphatic heterocycles. The van der Waals surface area contributed by atoms with Gasteiger partial charge in [0.25, 0.3) is 0 Å². The topological polar surface area (TPSA) is 69.9 Å². The number of rotatable bonds is 2. The number of nitriles is 1. The van der Waals surface area contributed by atoms with E-state index < -0.39 is 0 Å². The molecule has 0 spiro atoms. The highest BCUT2D eigenvalue weighted by Gasteiger charge is 2.32. The molecule has 1 aromatic rings. The van der Waals surface area contributed by atoms with Crippen molar-refractivity contribution in [3.05, 3.63) is 17.0 Å². The number of halogens is 1. The van der Waals surface area contributed by atoms with Crippen molar-refractivity contribution < 1.29 is 4.79 Å². The van der Waals surface area contributed by atoms with Gasteiger partial charge in [0, 0.05) is 13.0 Å². The molecule has 88 valence electrons. The lowest BCUT2D eigenvalue weighted by molar-refractivity contribution is -0.117.